The van der Waals surface area contributed by atoms with E-state index in [-0.39, 0.29) is 11.7 Å². The average molecular weight is 417 g/mol. The molecule has 0 bridgehead atoms. The van der Waals surface area contributed by atoms with Gasteiger partial charge in [-0.15, -0.1) is 0 Å². The van der Waals surface area contributed by atoms with Crippen molar-refractivity contribution in [1.29, 1.82) is 0 Å². The van der Waals surface area contributed by atoms with E-state index in [0.29, 0.717) is 50.0 Å². The van der Waals surface area contributed by atoms with Gasteiger partial charge in [-0.3, -0.25) is 4.79 Å². The van der Waals surface area contributed by atoms with Gasteiger partial charge in [-0.25, -0.2) is 4.79 Å². The van der Waals surface area contributed by atoms with Gasteiger partial charge >= 0.3 is 5.63 Å². The topological polar surface area (TPSA) is 97.0 Å². The zero-order chi connectivity index (χ0) is 22.2. The maximum absolute atomic E-state index is 12.4. The highest BCUT2D eigenvalue weighted by Crippen LogP contribution is 2.47. The van der Waals surface area contributed by atoms with E-state index < -0.39 is 22.2 Å². The lowest BCUT2D eigenvalue weighted by molar-refractivity contribution is -0.151. The van der Waals surface area contributed by atoms with Gasteiger partial charge in [-0.2, -0.15) is 0 Å². The zero-order valence-corrected chi connectivity index (χ0v) is 18.2. The van der Waals surface area contributed by atoms with Crippen LogP contribution in [0, 0.1) is 11.3 Å². The number of Topliss-reactive ketones (excluding diaryl/α,β-unsaturated/α-hetero) is 1. The molecule has 2 aromatic rings. The first-order valence-corrected chi connectivity index (χ1v) is 10.6. The van der Waals surface area contributed by atoms with Gasteiger partial charge in [0.1, 0.15) is 17.1 Å². The SMILES string of the molecule is CC1(C)C(=O)CC[C@](C)(O)[C@@H]1CC[C@@](C)(O)CCOc1ccc2ccc(=O)oc2c1. The third-order valence-electron chi connectivity index (χ3n) is 6.67. The number of hydrogen-bond acceptors (Lipinski definition) is 6. The van der Waals surface area contributed by atoms with Gasteiger partial charge in [-0.1, -0.05) is 13.8 Å². The molecule has 1 fully saturated rings. The Morgan fingerprint density at radius 1 is 1.17 bits per heavy atom. The van der Waals surface area contributed by atoms with Gasteiger partial charge in [0.05, 0.1) is 17.8 Å². The number of hydrogen-bond donors (Lipinski definition) is 2. The lowest BCUT2D eigenvalue weighted by Gasteiger charge is -2.47. The molecular weight excluding hydrogens is 384 g/mol. The summed E-state index contributed by atoms with van der Waals surface area (Å²) >= 11 is 0. The van der Waals surface area contributed by atoms with Crippen molar-refractivity contribution in [2.24, 2.45) is 11.3 Å². The lowest BCUT2D eigenvalue weighted by atomic mass is 9.59. The van der Waals surface area contributed by atoms with Gasteiger partial charge in [0.15, 0.2) is 0 Å². The lowest BCUT2D eigenvalue weighted by Crippen LogP contribution is -2.52. The first-order valence-electron chi connectivity index (χ1n) is 10.6. The van der Waals surface area contributed by atoms with Crippen molar-refractivity contribution < 1.29 is 24.2 Å². The third kappa shape index (κ3) is 4.93. The number of benzene rings is 1. The summed E-state index contributed by atoms with van der Waals surface area (Å²) in [6.07, 6.45) is 2.27. The molecule has 1 saturated carbocycles. The molecule has 3 rings (SSSR count). The van der Waals surface area contributed by atoms with Crippen LogP contribution in [-0.2, 0) is 4.79 Å². The smallest absolute Gasteiger partial charge is 0.336 e. The summed E-state index contributed by atoms with van der Waals surface area (Å²) in [5.74, 6) is 0.529. The maximum atomic E-state index is 12.4. The van der Waals surface area contributed by atoms with Crippen LogP contribution in [0.5, 0.6) is 5.75 Å². The van der Waals surface area contributed by atoms with Crippen molar-refractivity contribution in [3.63, 3.8) is 0 Å². The minimum Gasteiger partial charge on any atom is -0.493 e. The molecule has 1 aromatic heterocycles. The molecule has 1 aromatic carbocycles. The predicted octanol–water partition coefficient (Wildman–Crippen LogP) is 3.85. The Morgan fingerprint density at radius 2 is 1.87 bits per heavy atom. The number of aliphatic hydroxyl groups is 2. The Hall–Kier alpha value is -2.18. The molecule has 1 aliphatic rings. The van der Waals surface area contributed by atoms with Gasteiger partial charge < -0.3 is 19.4 Å². The Morgan fingerprint density at radius 3 is 2.60 bits per heavy atom. The highest BCUT2D eigenvalue weighted by Gasteiger charge is 2.50. The van der Waals surface area contributed by atoms with Crippen LogP contribution in [0.15, 0.2) is 39.5 Å². The number of carbonyl (C=O) groups is 1. The van der Waals surface area contributed by atoms with Crippen LogP contribution in [0.2, 0.25) is 0 Å². The van der Waals surface area contributed by atoms with Gasteiger partial charge in [0.2, 0.25) is 0 Å². The first kappa shape index (κ1) is 22.5. The Labute approximate surface area is 176 Å². The Balaban J connectivity index is 1.57. The fourth-order valence-electron chi connectivity index (χ4n) is 4.61. The summed E-state index contributed by atoms with van der Waals surface area (Å²) in [4.78, 5) is 23.7. The molecule has 1 aliphatic carbocycles. The second-order valence-electron chi connectivity index (χ2n) is 9.64. The summed E-state index contributed by atoms with van der Waals surface area (Å²) in [5, 5.41) is 22.5. The molecule has 30 heavy (non-hydrogen) atoms. The molecule has 164 valence electrons. The highest BCUT2D eigenvalue weighted by molar-refractivity contribution is 5.85. The van der Waals surface area contributed by atoms with Crippen molar-refractivity contribution >= 4 is 16.8 Å². The molecule has 0 aliphatic heterocycles. The van der Waals surface area contributed by atoms with E-state index in [2.05, 4.69) is 0 Å². The standard InChI is InChI=1S/C24H32O6/c1-22(2)19(24(4,28)12-10-20(22)25)9-11-23(3,27)13-14-29-17-7-5-16-6-8-21(26)30-18(16)15-17/h5-8,15,19,27-28H,9-14H2,1-4H3/t19-,23-,24+/m1/s1. The van der Waals surface area contributed by atoms with E-state index in [9.17, 15) is 19.8 Å². The molecule has 0 radical (unpaired) electrons. The van der Waals surface area contributed by atoms with Crippen LogP contribution < -0.4 is 10.4 Å². The summed E-state index contributed by atoms with van der Waals surface area (Å²) in [6, 6.07) is 8.35. The van der Waals surface area contributed by atoms with Gasteiger partial charge in [0.25, 0.3) is 0 Å². The highest BCUT2D eigenvalue weighted by atomic mass is 16.5. The first-order chi connectivity index (χ1) is 13.9. The summed E-state index contributed by atoms with van der Waals surface area (Å²) in [6.45, 7) is 7.62. The normalized spacial score (nSPS) is 25.8. The van der Waals surface area contributed by atoms with Crippen LogP contribution in [0.25, 0.3) is 11.0 Å². The molecule has 6 heteroatoms. The Bertz CT molecular complexity index is 969. The molecule has 0 unspecified atom stereocenters. The minimum atomic E-state index is -0.990. The van der Waals surface area contributed by atoms with E-state index in [4.69, 9.17) is 9.15 Å². The second kappa shape index (κ2) is 8.16. The van der Waals surface area contributed by atoms with Crippen LogP contribution >= 0.6 is 0 Å². The number of ether oxygens (including phenoxy) is 1. The quantitative estimate of drug-likeness (QED) is 0.666. The fraction of sp³-hybridized carbons (Fsp3) is 0.583. The summed E-state index contributed by atoms with van der Waals surface area (Å²) in [5.41, 5.74) is -2.47. The largest absolute Gasteiger partial charge is 0.493 e. The molecule has 0 saturated heterocycles. The molecule has 2 N–H and O–H groups in total. The Kier molecular flexibility index (Phi) is 6.12. The molecule has 0 amide bonds. The fourth-order valence-corrected chi connectivity index (χ4v) is 4.61. The van der Waals surface area contributed by atoms with E-state index in [1.54, 1.807) is 32.0 Å². The van der Waals surface area contributed by atoms with Gasteiger partial charge in [-0.05, 0) is 57.2 Å². The van der Waals surface area contributed by atoms with Crippen molar-refractivity contribution in [1.82, 2.24) is 0 Å². The van der Waals surface area contributed by atoms with Gasteiger partial charge in [0, 0.05) is 35.8 Å². The van der Waals surface area contributed by atoms with Crippen molar-refractivity contribution in [3.8, 4) is 5.75 Å². The molecule has 3 atom stereocenters. The summed E-state index contributed by atoms with van der Waals surface area (Å²) < 4.78 is 10.9. The van der Waals surface area contributed by atoms with Crippen molar-refractivity contribution in [2.75, 3.05) is 6.61 Å². The number of carbonyl (C=O) groups excluding carboxylic acids is 1. The van der Waals surface area contributed by atoms with E-state index >= 15 is 0 Å². The molecular formula is C24H32O6. The minimum absolute atomic E-state index is 0.171. The maximum Gasteiger partial charge on any atom is 0.336 e. The average Bonchev–Trinajstić information content (AvgIpc) is 2.64. The van der Waals surface area contributed by atoms with Crippen LogP contribution in [-0.4, -0.2) is 33.8 Å². The monoisotopic (exact) mass is 416 g/mol. The number of rotatable bonds is 7. The van der Waals surface area contributed by atoms with Crippen LogP contribution in [0.1, 0.15) is 59.8 Å². The molecule has 6 nitrogen and oxygen atoms in total. The predicted molar refractivity (Wildman–Crippen MR) is 115 cm³/mol. The van der Waals surface area contributed by atoms with Crippen molar-refractivity contribution in [2.45, 2.75) is 71.0 Å². The molecule has 0 spiro atoms. The van der Waals surface area contributed by atoms with E-state index in [1.807, 2.05) is 19.9 Å². The number of ketones is 1. The van der Waals surface area contributed by atoms with Crippen LogP contribution in [0.3, 0.4) is 0 Å². The van der Waals surface area contributed by atoms with E-state index in [0.717, 1.165) is 5.39 Å². The molecule has 1 heterocycles. The zero-order valence-electron chi connectivity index (χ0n) is 18.2. The van der Waals surface area contributed by atoms with Crippen molar-refractivity contribution in [3.05, 3.63) is 40.8 Å². The van der Waals surface area contributed by atoms with E-state index in [1.165, 1.54) is 6.07 Å². The summed E-state index contributed by atoms with van der Waals surface area (Å²) in [7, 11) is 0. The third-order valence-corrected chi connectivity index (χ3v) is 6.67. The van der Waals surface area contributed by atoms with Crippen LogP contribution in [0.4, 0.5) is 0 Å². The second-order valence-corrected chi connectivity index (χ2v) is 9.64. The number of fused-ring (bicyclic) bond motifs is 1.